The van der Waals surface area contributed by atoms with Crippen molar-refractivity contribution in [1.29, 1.82) is 0 Å². The van der Waals surface area contributed by atoms with E-state index in [1.165, 1.54) is 0 Å². The Morgan fingerprint density at radius 1 is 1.78 bits per heavy atom. The number of terminal acetylenes is 1. The molecule has 0 fully saturated rings. The van der Waals surface area contributed by atoms with Crippen molar-refractivity contribution in [3.05, 3.63) is 6.92 Å². The third-order valence-electron chi connectivity index (χ3n) is 1.28. The standard InChI is InChI=1S/C8H14N/c1-4-5-6-7-8(2)9-3/h1,8-9H,2,5-7H2,3H3. The average molecular weight is 124 g/mol. The van der Waals surface area contributed by atoms with E-state index in [4.69, 9.17) is 6.42 Å². The first kappa shape index (κ1) is 8.52. The van der Waals surface area contributed by atoms with Gasteiger partial charge in [-0.15, -0.1) is 12.3 Å². The summed E-state index contributed by atoms with van der Waals surface area (Å²) in [4.78, 5) is 0. The highest BCUT2D eigenvalue weighted by atomic mass is 14.8. The zero-order chi connectivity index (χ0) is 7.11. The van der Waals surface area contributed by atoms with Crippen LogP contribution in [0.15, 0.2) is 0 Å². The van der Waals surface area contributed by atoms with Crippen LogP contribution in [0, 0.1) is 19.3 Å². The molecule has 0 amide bonds. The molecule has 1 radical (unpaired) electrons. The molecular formula is C8H14N. The van der Waals surface area contributed by atoms with Crippen LogP contribution in [0.3, 0.4) is 0 Å². The summed E-state index contributed by atoms with van der Waals surface area (Å²) in [6.45, 7) is 3.85. The van der Waals surface area contributed by atoms with Crippen LogP contribution >= 0.6 is 0 Å². The second-order valence-corrected chi connectivity index (χ2v) is 2.08. The van der Waals surface area contributed by atoms with Gasteiger partial charge in [0.05, 0.1) is 0 Å². The highest BCUT2D eigenvalue weighted by Gasteiger charge is 1.94. The summed E-state index contributed by atoms with van der Waals surface area (Å²) in [5.41, 5.74) is 0. The van der Waals surface area contributed by atoms with Crippen molar-refractivity contribution in [1.82, 2.24) is 5.32 Å². The third-order valence-corrected chi connectivity index (χ3v) is 1.28. The summed E-state index contributed by atoms with van der Waals surface area (Å²) >= 11 is 0. The van der Waals surface area contributed by atoms with Crippen molar-refractivity contribution < 1.29 is 0 Å². The highest BCUT2D eigenvalue weighted by Crippen LogP contribution is 1.97. The molecule has 1 heteroatoms. The third kappa shape index (κ3) is 5.39. The van der Waals surface area contributed by atoms with E-state index in [1.54, 1.807) is 0 Å². The Hall–Kier alpha value is -0.480. The summed E-state index contributed by atoms with van der Waals surface area (Å²) in [6, 6.07) is 0.360. The lowest BCUT2D eigenvalue weighted by Crippen LogP contribution is -2.20. The second-order valence-electron chi connectivity index (χ2n) is 2.08. The fraction of sp³-hybridized carbons (Fsp3) is 0.625. The predicted molar refractivity (Wildman–Crippen MR) is 40.9 cm³/mol. The van der Waals surface area contributed by atoms with Gasteiger partial charge < -0.3 is 5.32 Å². The van der Waals surface area contributed by atoms with Gasteiger partial charge in [-0.25, -0.2) is 0 Å². The van der Waals surface area contributed by atoms with Gasteiger partial charge in [-0.3, -0.25) is 0 Å². The number of hydrogen-bond donors (Lipinski definition) is 1. The SMILES string of the molecule is C#CCCCC([CH2])NC. The highest BCUT2D eigenvalue weighted by molar-refractivity contribution is 4.83. The molecule has 0 rings (SSSR count). The van der Waals surface area contributed by atoms with Crippen molar-refractivity contribution in [2.45, 2.75) is 25.3 Å². The van der Waals surface area contributed by atoms with Crippen LogP contribution in [0.4, 0.5) is 0 Å². The summed E-state index contributed by atoms with van der Waals surface area (Å²) in [5, 5.41) is 3.04. The van der Waals surface area contributed by atoms with E-state index in [9.17, 15) is 0 Å². The van der Waals surface area contributed by atoms with Crippen molar-refractivity contribution in [2.75, 3.05) is 7.05 Å². The van der Waals surface area contributed by atoms with Gasteiger partial charge >= 0.3 is 0 Å². The normalized spacial score (nSPS) is 12.6. The van der Waals surface area contributed by atoms with Crippen LogP contribution in [0.5, 0.6) is 0 Å². The first-order chi connectivity index (χ1) is 4.31. The molecule has 0 bridgehead atoms. The van der Waals surface area contributed by atoms with Gasteiger partial charge in [0, 0.05) is 12.5 Å². The first-order valence-corrected chi connectivity index (χ1v) is 3.25. The minimum atomic E-state index is 0.360. The molecule has 0 aliphatic rings. The molecule has 1 unspecified atom stereocenters. The van der Waals surface area contributed by atoms with Crippen molar-refractivity contribution in [3.8, 4) is 12.3 Å². The van der Waals surface area contributed by atoms with E-state index in [0.717, 1.165) is 19.3 Å². The maximum atomic E-state index is 5.07. The number of nitrogens with one attached hydrogen (secondary N) is 1. The first-order valence-electron chi connectivity index (χ1n) is 3.25. The fourth-order valence-corrected chi connectivity index (χ4v) is 0.595. The molecule has 0 saturated heterocycles. The molecular weight excluding hydrogens is 110 g/mol. The Morgan fingerprint density at radius 2 is 2.44 bits per heavy atom. The molecule has 0 aliphatic heterocycles. The largest absolute Gasteiger partial charge is 0.317 e. The molecule has 0 aromatic carbocycles. The van der Waals surface area contributed by atoms with Gasteiger partial charge in [0.25, 0.3) is 0 Å². The number of rotatable bonds is 4. The van der Waals surface area contributed by atoms with Gasteiger partial charge in [-0.1, -0.05) is 0 Å². The molecule has 0 spiro atoms. The molecule has 0 saturated carbocycles. The molecule has 1 atom stereocenters. The quantitative estimate of drug-likeness (QED) is 0.439. The minimum Gasteiger partial charge on any atom is -0.317 e. The topological polar surface area (TPSA) is 12.0 Å². The molecule has 9 heavy (non-hydrogen) atoms. The maximum absolute atomic E-state index is 5.07. The summed E-state index contributed by atoms with van der Waals surface area (Å²) in [6.07, 6.45) is 8.08. The van der Waals surface area contributed by atoms with Crippen LogP contribution < -0.4 is 5.32 Å². The Bertz CT molecular complexity index is 91.2. The molecule has 0 aliphatic carbocycles. The molecule has 0 heterocycles. The number of unbranched alkanes of at least 4 members (excludes halogenated alkanes) is 1. The summed E-state index contributed by atoms with van der Waals surface area (Å²) < 4.78 is 0. The lowest BCUT2D eigenvalue weighted by atomic mass is 10.1. The Kier molecular flexibility index (Phi) is 5.35. The van der Waals surface area contributed by atoms with E-state index >= 15 is 0 Å². The van der Waals surface area contributed by atoms with Crippen molar-refractivity contribution >= 4 is 0 Å². The van der Waals surface area contributed by atoms with Crippen LogP contribution in [0.2, 0.25) is 0 Å². The van der Waals surface area contributed by atoms with Crippen LogP contribution in [-0.4, -0.2) is 13.1 Å². The lowest BCUT2D eigenvalue weighted by molar-refractivity contribution is 0.589. The van der Waals surface area contributed by atoms with Crippen LogP contribution in [-0.2, 0) is 0 Å². The molecule has 0 aromatic rings. The smallest absolute Gasteiger partial charge is 0.00866 e. The average Bonchev–Trinajstić information content (AvgIpc) is 1.89. The Labute approximate surface area is 57.8 Å². The van der Waals surface area contributed by atoms with Crippen molar-refractivity contribution in [2.24, 2.45) is 0 Å². The maximum Gasteiger partial charge on any atom is 0.00866 e. The van der Waals surface area contributed by atoms with Gasteiger partial charge in [0.1, 0.15) is 0 Å². The van der Waals surface area contributed by atoms with E-state index in [-0.39, 0.29) is 0 Å². The predicted octanol–water partition coefficient (Wildman–Crippen LogP) is 1.21. The van der Waals surface area contributed by atoms with Gasteiger partial charge in [0.2, 0.25) is 0 Å². The molecule has 0 aromatic heterocycles. The minimum absolute atomic E-state index is 0.360. The number of hydrogen-bond acceptors (Lipinski definition) is 1. The monoisotopic (exact) mass is 124 g/mol. The molecule has 51 valence electrons. The summed E-state index contributed by atoms with van der Waals surface area (Å²) in [7, 11) is 1.91. The van der Waals surface area contributed by atoms with Crippen LogP contribution in [0.1, 0.15) is 19.3 Å². The van der Waals surface area contributed by atoms with Crippen LogP contribution in [0.25, 0.3) is 0 Å². The zero-order valence-electron chi connectivity index (χ0n) is 5.98. The van der Waals surface area contributed by atoms with Gasteiger partial charge in [-0.05, 0) is 26.8 Å². The molecule has 1 N–H and O–H groups in total. The Balaban J connectivity index is 2.99. The fourth-order valence-electron chi connectivity index (χ4n) is 0.595. The van der Waals surface area contributed by atoms with E-state index < -0.39 is 0 Å². The van der Waals surface area contributed by atoms with Crippen molar-refractivity contribution in [3.63, 3.8) is 0 Å². The summed E-state index contributed by atoms with van der Waals surface area (Å²) in [5.74, 6) is 2.59. The lowest BCUT2D eigenvalue weighted by Gasteiger charge is -2.06. The van der Waals surface area contributed by atoms with E-state index in [2.05, 4.69) is 18.2 Å². The van der Waals surface area contributed by atoms with Gasteiger partial charge in [0.15, 0.2) is 0 Å². The Morgan fingerprint density at radius 3 is 2.89 bits per heavy atom. The van der Waals surface area contributed by atoms with E-state index in [0.29, 0.717) is 6.04 Å². The second kappa shape index (κ2) is 5.65. The van der Waals surface area contributed by atoms with Gasteiger partial charge in [-0.2, -0.15) is 0 Å². The zero-order valence-corrected chi connectivity index (χ0v) is 5.98. The van der Waals surface area contributed by atoms with E-state index in [1.807, 2.05) is 7.05 Å². The molecule has 1 nitrogen and oxygen atoms in total.